The van der Waals surface area contributed by atoms with Gasteiger partial charge >= 0.3 is 0 Å². The number of nitrogens with zero attached hydrogens (tertiary/aromatic N) is 3. The van der Waals surface area contributed by atoms with Crippen LogP contribution in [0.3, 0.4) is 0 Å². The zero-order chi connectivity index (χ0) is 23.1. The molecule has 3 aromatic rings. The topological polar surface area (TPSA) is 96.5 Å². The maximum absolute atomic E-state index is 12.2. The number of hydrogen-bond donors (Lipinski definition) is 3. The largest absolute Gasteiger partial charge is 0.459 e. The molecule has 1 aromatic carbocycles. The lowest BCUT2D eigenvalue weighted by atomic mass is 10.1. The van der Waals surface area contributed by atoms with Gasteiger partial charge in [0.1, 0.15) is 0 Å². The maximum Gasteiger partial charge on any atom is 0.291 e. The molecule has 0 saturated carbocycles. The third-order valence-corrected chi connectivity index (χ3v) is 5.25. The predicted octanol–water partition coefficient (Wildman–Crippen LogP) is 4.19. The number of carbonyl (C=O) groups excluding carboxylic acids is 1. The van der Waals surface area contributed by atoms with E-state index in [0.717, 1.165) is 30.2 Å². The third kappa shape index (κ3) is 7.34. The molecule has 2 heterocycles. The van der Waals surface area contributed by atoms with Gasteiger partial charge in [0.15, 0.2) is 11.7 Å². The summed E-state index contributed by atoms with van der Waals surface area (Å²) in [4.78, 5) is 16.9. The number of furan rings is 1. The zero-order valence-electron chi connectivity index (χ0n) is 19.8. The molecule has 0 radical (unpaired) electrons. The van der Waals surface area contributed by atoms with Gasteiger partial charge in [-0.2, -0.15) is 5.10 Å². The minimum atomic E-state index is -0.277. The minimum Gasteiger partial charge on any atom is -0.459 e. The van der Waals surface area contributed by atoms with Crippen LogP contribution in [0.4, 0.5) is 5.69 Å². The Hall–Kier alpha value is -2.82. The van der Waals surface area contributed by atoms with Gasteiger partial charge < -0.3 is 20.4 Å². The van der Waals surface area contributed by atoms with Gasteiger partial charge in [-0.25, -0.2) is 4.99 Å². The number of aliphatic imine (C=N–C) groups is 1. The third-order valence-electron chi connectivity index (χ3n) is 5.25. The molecule has 2 aromatic heterocycles. The van der Waals surface area contributed by atoms with Crippen molar-refractivity contribution in [3.63, 3.8) is 0 Å². The van der Waals surface area contributed by atoms with Crippen molar-refractivity contribution in [2.45, 2.75) is 46.7 Å². The molecule has 0 spiro atoms. The van der Waals surface area contributed by atoms with Gasteiger partial charge in [-0.15, -0.1) is 24.0 Å². The number of aromatic nitrogens is 2. The molecule has 0 aliphatic heterocycles. The first-order valence-corrected chi connectivity index (χ1v) is 10.8. The number of benzene rings is 1. The average molecular weight is 564 g/mol. The minimum absolute atomic E-state index is 0. The fourth-order valence-electron chi connectivity index (χ4n) is 3.54. The monoisotopic (exact) mass is 564 g/mol. The zero-order valence-corrected chi connectivity index (χ0v) is 22.1. The number of nitrogens with one attached hydrogen (secondary N) is 3. The molecular formula is C24H33IN6O2. The first kappa shape index (κ1) is 26.4. The molecule has 0 saturated heterocycles. The highest BCUT2D eigenvalue weighted by Gasteiger charge is 2.14. The van der Waals surface area contributed by atoms with E-state index in [0.29, 0.717) is 12.2 Å². The number of hydrogen-bond acceptors (Lipinski definition) is 4. The molecule has 8 nitrogen and oxygen atoms in total. The Morgan fingerprint density at radius 2 is 2.03 bits per heavy atom. The van der Waals surface area contributed by atoms with Crippen LogP contribution >= 0.6 is 24.0 Å². The summed E-state index contributed by atoms with van der Waals surface area (Å²) in [6.45, 7) is 9.58. The highest BCUT2D eigenvalue weighted by atomic mass is 127. The predicted molar refractivity (Wildman–Crippen MR) is 142 cm³/mol. The van der Waals surface area contributed by atoms with Crippen molar-refractivity contribution in [1.82, 2.24) is 20.4 Å². The van der Waals surface area contributed by atoms with E-state index in [2.05, 4.69) is 34.9 Å². The highest BCUT2D eigenvalue weighted by Crippen LogP contribution is 2.15. The van der Waals surface area contributed by atoms with Crippen molar-refractivity contribution < 1.29 is 9.21 Å². The summed E-state index contributed by atoms with van der Waals surface area (Å²) in [5, 5.41) is 14.1. The Bertz CT molecular complexity index is 1070. The molecule has 3 rings (SSSR count). The van der Waals surface area contributed by atoms with Crippen LogP contribution in [0.15, 0.2) is 52.1 Å². The summed E-state index contributed by atoms with van der Waals surface area (Å²) in [6.07, 6.45) is 2.34. The lowest BCUT2D eigenvalue weighted by molar-refractivity contribution is 0.0996. The molecule has 1 atom stereocenters. The molecule has 1 amide bonds. The Labute approximate surface area is 212 Å². The molecule has 0 aliphatic carbocycles. The van der Waals surface area contributed by atoms with Crippen LogP contribution in [0, 0.1) is 13.8 Å². The summed E-state index contributed by atoms with van der Waals surface area (Å²) in [5.41, 5.74) is 5.21. The average Bonchev–Trinajstić information content (AvgIpc) is 3.38. The first-order valence-electron chi connectivity index (χ1n) is 10.8. The lowest BCUT2D eigenvalue weighted by Crippen LogP contribution is -2.43. The van der Waals surface area contributed by atoms with Gasteiger partial charge in [0.05, 0.1) is 18.5 Å². The molecule has 3 N–H and O–H groups in total. The molecule has 33 heavy (non-hydrogen) atoms. The van der Waals surface area contributed by atoms with Crippen LogP contribution in [0.2, 0.25) is 0 Å². The van der Waals surface area contributed by atoms with Crippen molar-refractivity contribution in [3.05, 3.63) is 70.9 Å². The Kier molecular flexibility index (Phi) is 9.95. The fraction of sp³-hybridized carbons (Fsp3) is 0.375. The van der Waals surface area contributed by atoms with E-state index in [1.54, 1.807) is 12.1 Å². The van der Waals surface area contributed by atoms with Crippen molar-refractivity contribution in [2.75, 3.05) is 11.9 Å². The number of carbonyl (C=O) groups is 1. The van der Waals surface area contributed by atoms with Gasteiger partial charge in [-0.05, 0) is 69.5 Å². The Morgan fingerprint density at radius 3 is 2.67 bits per heavy atom. The number of aryl methyl sites for hydroxylation is 2. The molecule has 0 bridgehead atoms. The number of guanidine groups is 1. The quantitative estimate of drug-likeness (QED) is 0.217. The SMILES string of the molecule is CCNC(=NCc1cccc(NC(=O)c2ccco2)c1)NC(C)Cc1c(C)nn(C)c1C.I. The Balaban J connectivity index is 0.00000385. The number of anilines is 1. The maximum atomic E-state index is 12.2. The molecule has 0 aliphatic rings. The molecular weight excluding hydrogens is 531 g/mol. The summed E-state index contributed by atoms with van der Waals surface area (Å²) < 4.78 is 7.07. The van der Waals surface area contributed by atoms with Crippen LogP contribution in [-0.2, 0) is 20.0 Å². The van der Waals surface area contributed by atoms with Gasteiger partial charge in [0.2, 0.25) is 0 Å². The number of amides is 1. The summed E-state index contributed by atoms with van der Waals surface area (Å²) in [7, 11) is 1.97. The summed E-state index contributed by atoms with van der Waals surface area (Å²) in [5.74, 6) is 0.754. The van der Waals surface area contributed by atoms with E-state index in [1.807, 2.05) is 49.8 Å². The second kappa shape index (κ2) is 12.4. The van der Waals surface area contributed by atoms with Crippen LogP contribution < -0.4 is 16.0 Å². The normalized spacial score (nSPS) is 12.1. The van der Waals surface area contributed by atoms with Crippen molar-refractivity contribution >= 4 is 41.5 Å². The smallest absolute Gasteiger partial charge is 0.291 e. The second-order valence-corrected chi connectivity index (χ2v) is 7.85. The highest BCUT2D eigenvalue weighted by molar-refractivity contribution is 14.0. The summed E-state index contributed by atoms with van der Waals surface area (Å²) >= 11 is 0. The van der Waals surface area contributed by atoms with Gasteiger partial charge in [-0.1, -0.05) is 12.1 Å². The molecule has 1 unspecified atom stereocenters. The fourth-order valence-corrected chi connectivity index (χ4v) is 3.54. The van der Waals surface area contributed by atoms with Crippen LogP contribution in [0.25, 0.3) is 0 Å². The van der Waals surface area contributed by atoms with Gasteiger partial charge in [-0.3, -0.25) is 9.48 Å². The van der Waals surface area contributed by atoms with Crippen molar-refractivity contribution in [1.29, 1.82) is 0 Å². The standard InChI is InChI=1S/C24H32N6O2.HI/c1-6-25-24(27-16(2)13-21-17(3)29-30(5)18(21)4)26-15-19-9-7-10-20(14-19)28-23(31)22-11-8-12-32-22;/h7-12,14,16H,6,13,15H2,1-5H3,(H,28,31)(H2,25,26,27);1H. The van der Waals surface area contributed by atoms with Crippen LogP contribution in [0.5, 0.6) is 0 Å². The molecule has 178 valence electrons. The first-order chi connectivity index (χ1) is 15.4. The van der Waals surface area contributed by atoms with E-state index in [-0.39, 0.29) is 41.7 Å². The second-order valence-electron chi connectivity index (χ2n) is 7.85. The van der Waals surface area contributed by atoms with E-state index in [9.17, 15) is 4.79 Å². The van der Waals surface area contributed by atoms with Gasteiger partial charge in [0.25, 0.3) is 5.91 Å². The lowest BCUT2D eigenvalue weighted by Gasteiger charge is -2.18. The molecule has 9 heteroatoms. The van der Waals surface area contributed by atoms with E-state index >= 15 is 0 Å². The van der Waals surface area contributed by atoms with Gasteiger partial charge in [0, 0.05) is 31.0 Å². The summed E-state index contributed by atoms with van der Waals surface area (Å²) in [6, 6.07) is 11.2. The van der Waals surface area contributed by atoms with Crippen LogP contribution in [-0.4, -0.2) is 34.2 Å². The molecule has 0 fully saturated rings. The number of rotatable bonds is 8. The van der Waals surface area contributed by atoms with E-state index in [4.69, 9.17) is 9.41 Å². The number of halogens is 1. The van der Waals surface area contributed by atoms with E-state index in [1.165, 1.54) is 17.5 Å². The van der Waals surface area contributed by atoms with E-state index < -0.39 is 0 Å². The Morgan fingerprint density at radius 1 is 1.24 bits per heavy atom. The van der Waals surface area contributed by atoms with Crippen molar-refractivity contribution in [3.8, 4) is 0 Å². The van der Waals surface area contributed by atoms with Crippen LogP contribution in [0.1, 0.15) is 46.9 Å². The van der Waals surface area contributed by atoms with Crippen molar-refractivity contribution in [2.24, 2.45) is 12.0 Å².